The van der Waals surface area contributed by atoms with E-state index in [-0.39, 0.29) is 41.3 Å². The van der Waals surface area contributed by atoms with E-state index >= 15 is 0 Å². The lowest BCUT2D eigenvalue weighted by Crippen LogP contribution is -2.47. The normalized spacial score (nSPS) is 21.0. The predicted octanol–water partition coefficient (Wildman–Crippen LogP) is 4.34. The van der Waals surface area contributed by atoms with E-state index in [1.165, 1.54) is 18.6 Å². The van der Waals surface area contributed by atoms with Gasteiger partial charge in [-0.15, -0.1) is 24.0 Å². The third kappa shape index (κ3) is 7.39. The zero-order valence-electron chi connectivity index (χ0n) is 16.3. The van der Waals surface area contributed by atoms with Crippen LogP contribution in [0, 0.1) is 17.2 Å². The number of benzene rings is 1. The lowest BCUT2D eigenvalue weighted by atomic mass is 9.78. The quantitative estimate of drug-likeness (QED) is 0.377. The van der Waals surface area contributed by atoms with E-state index in [0.717, 1.165) is 37.6 Å². The van der Waals surface area contributed by atoms with Crippen molar-refractivity contribution in [2.24, 2.45) is 16.3 Å². The molecule has 0 saturated carbocycles. The number of nitrogens with zero attached hydrogens (tertiary/aromatic N) is 1. The molecule has 2 N–H and O–H groups in total. The zero-order chi connectivity index (χ0) is 18.3. The average molecular weight is 477 g/mol. The third-order valence-electron chi connectivity index (χ3n) is 4.51. The minimum atomic E-state index is -0.219. The van der Waals surface area contributed by atoms with Crippen LogP contribution >= 0.6 is 24.0 Å². The molecule has 26 heavy (non-hydrogen) atoms. The van der Waals surface area contributed by atoms with Crippen molar-refractivity contribution in [1.29, 1.82) is 0 Å². The Morgan fingerprint density at radius 2 is 1.92 bits per heavy atom. The number of halogens is 2. The van der Waals surface area contributed by atoms with E-state index in [2.05, 4.69) is 43.3 Å². The molecule has 1 aromatic rings. The molecule has 1 aliphatic rings. The van der Waals surface area contributed by atoms with Gasteiger partial charge in [0, 0.05) is 25.6 Å². The summed E-state index contributed by atoms with van der Waals surface area (Å²) in [7, 11) is 0. The maximum Gasteiger partial charge on any atom is 0.191 e. The number of rotatable bonds is 5. The fourth-order valence-electron chi connectivity index (χ4n) is 3.34. The Bertz CT molecular complexity index is 557. The predicted molar refractivity (Wildman–Crippen MR) is 117 cm³/mol. The van der Waals surface area contributed by atoms with Crippen LogP contribution in [0.2, 0.25) is 0 Å². The van der Waals surface area contributed by atoms with Crippen molar-refractivity contribution in [2.75, 3.05) is 19.7 Å². The number of guanidine groups is 1. The van der Waals surface area contributed by atoms with Gasteiger partial charge >= 0.3 is 0 Å². The van der Waals surface area contributed by atoms with Crippen LogP contribution in [0.4, 0.5) is 4.39 Å². The van der Waals surface area contributed by atoms with Crippen LogP contribution in [0.15, 0.2) is 29.3 Å². The van der Waals surface area contributed by atoms with E-state index < -0.39 is 0 Å². The Morgan fingerprint density at radius 3 is 2.54 bits per heavy atom. The lowest BCUT2D eigenvalue weighted by molar-refractivity contribution is -0.0835. The Hall–Kier alpha value is -0.890. The topological polar surface area (TPSA) is 45.7 Å². The highest BCUT2D eigenvalue weighted by atomic mass is 127. The van der Waals surface area contributed by atoms with E-state index in [0.29, 0.717) is 12.5 Å². The lowest BCUT2D eigenvalue weighted by Gasteiger charge is -2.40. The van der Waals surface area contributed by atoms with Crippen molar-refractivity contribution in [3.63, 3.8) is 0 Å². The van der Waals surface area contributed by atoms with Crippen molar-refractivity contribution in [3.8, 4) is 0 Å². The van der Waals surface area contributed by atoms with Gasteiger partial charge in [-0.2, -0.15) is 0 Å². The summed E-state index contributed by atoms with van der Waals surface area (Å²) in [6, 6.07) is 6.48. The van der Waals surface area contributed by atoms with Gasteiger partial charge in [0.15, 0.2) is 5.96 Å². The van der Waals surface area contributed by atoms with Crippen LogP contribution in [0.5, 0.6) is 0 Å². The van der Waals surface area contributed by atoms with Gasteiger partial charge < -0.3 is 15.4 Å². The number of hydrogen-bond donors (Lipinski definition) is 2. The van der Waals surface area contributed by atoms with Crippen LogP contribution in [0.25, 0.3) is 0 Å². The first-order chi connectivity index (χ1) is 11.9. The summed E-state index contributed by atoms with van der Waals surface area (Å²) < 4.78 is 19.0. The number of hydrogen-bond acceptors (Lipinski definition) is 2. The summed E-state index contributed by atoms with van der Waals surface area (Å²) >= 11 is 0. The van der Waals surface area contributed by atoms with Crippen molar-refractivity contribution in [2.45, 2.75) is 53.2 Å². The molecule has 1 heterocycles. The summed E-state index contributed by atoms with van der Waals surface area (Å²) in [6.45, 7) is 11.8. The highest BCUT2D eigenvalue weighted by Gasteiger charge is 2.35. The van der Waals surface area contributed by atoms with Gasteiger partial charge in [0.25, 0.3) is 0 Å². The summed E-state index contributed by atoms with van der Waals surface area (Å²) in [5, 5.41) is 6.74. The molecule has 2 unspecified atom stereocenters. The molecule has 0 aliphatic carbocycles. The standard InChI is InChI=1S/C20H32FN3O.HI/c1-5-22-19(23-13-15-8-10-17(21)11-9-15)24-14-16-7-6-12-25-18(16)20(2,3)4;/h8-11,16,18H,5-7,12-14H2,1-4H3,(H2,22,23,24);1H. The molecule has 1 fully saturated rings. The van der Waals surface area contributed by atoms with Gasteiger partial charge in [-0.25, -0.2) is 9.38 Å². The first kappa shape index (κ1) is 23.1. The van der Waals surface area contributed by atoms with Gasteiger partial charge in [0.05, 0.1) is 12.6 Å². The average Bonchev–Trinajstić information content (AvgIpc) is 2.58. The van der Waals surface area contributed by atoms with Gasteiger partial charge in [-0.1, -0.05) is 32.9 Å². The molecular formula is C20H33FIN3O. The van der Waals surface area contributed by atoms with Crippen molar-refractivity contribution in [1.82, 2.24) is 10.6 Å². The maximum atomic E-state index is 13.0. The maximum absolute atomic E-state index is 13.0. The van der Waals surface area contributed by atoms with Gasteiger partial charge in [-0.3, -0.25) is 0 Å². The van der Waals surface area contributed by atoms with Crippen LogP contribution < -0.4 is 10.6 Å². The molecular weight excluding hydrogens is 444 g/mol. The smallest absolute Gasteiger partial charge is 0.191 e. The molecule has 0 aromatic heterocycles. The Kier molecular flexibility index (Phi) is 9.85. The van der Waals surface area contributed by atoms with Gasteiger partial charge in [0.1, 0.15) is 5.82 Å². The molecule has 6 heteroatoms. The number of aliphatic imine (C=N–C) groups is 1. The van der Waals surface area contributed by atoms with Crippen molar-refractivity contribution >= 4 is 29.9 Å². The van der Waals surface area contributed by atoms with E-state index in [1.54, 1.807) is 12.1 Å². The minimum Gasteiger partial charge on any atom is -0.377 e. The molecule has 0 radical (unpaired) electrons. The summed E-state index contributed by atoms with van der Waals surface area (Å²) in [5.74, 6) is 1.05. The number of ether oxygens (including phenoxy) is 1. The molecule has 0 bridgehead atoms. The molecule has 1 saturated heterocycles. The van der Waals surface area contributed by atoms with E-state index in [1.807, 2.05) is 0 Å². The molecule has 0 spiro atoms. The van der Waals surface area contributed by atoms with Crippen LogP contribution in [-0.4, -0.2) is 31.8 Å². The molecule has 1 aliphatic heterocycles. The summed E-state index contributed by atoms with van der Waals surface area (Å²) in [5.41, 5.74) is 1.13. The Morgan fingerprint density at radius 1 is 1.23 bits per heavy atom. The molecule has 0 amide bonds. The zero-order valence-corrected chi connectivity index (χ0v) is 18.7. The fraction of sp³-hybridized carbons (Fsp3) is 0.650. The monoisotopic (exact) mass is 477 g/mol. The van der Waals surface area contributed by atoms with Crippen LogP contribution in [-0.2, 0) is 11.3 Å². The number of nitrogens with one attached hydrogen (secondary N) is 2. The summed E-state index contributed by atoms with van der Waals surface area (Å²) in [4.78, 5) is 4.62. The molecule has 2 rings (SSSR count). The van der Waals surface area contributed by atoms with E-state index in [9.17, 15) is 4.39 Å². The molecule has 1 aromatic carbocycles. The van der Waals surface area contributed by atoms with Gasteiger partial charge in [-0.05, 0) is 42.9 Å². The van der Waals surface area contributed by atoms with Crippen LogP contribution in [0.3, 0.4) is 0 Å². The third-order valence-corrected chi connectivity index (χ3v) is 4.51. The van der Waals surface area contributed by atoms with Crippen molar-refractivity contribution in [3.05, 3.63) is 35.6 Å². The van der Waals surface area contributed by atoms with Crippen LogP contribution in [0.1, 0.15) is 46.1 Å². The van der Waals surface area contributed by atoms with E-state index in [4.69, 9.17) is 4.74 Å². The largest absolute Gasteiger partial charge is 0.377 e. The van der Waals surface area contributed by atoms with Crippen molar-refractivity contribution < 1.29 is 9.13 Å². The molecule has 4 nitrogen and oxygen atoms in total. The van der Waals surface area contributed by atoms with Gasteiger partial charge in [0.2, 0.25) is 0 Å². The minimum absolute atomic E-state index is 0. The highest BCUT2D eigenvalue weighted by molar-refractivity contribution is 14.0. The molecule has 148 valence electrons. The molecule has 2 atom stereocenters. The first-order valence-electron chi connectivity index (χ1n) is 9.28. The second-order valence-electron chi connectivity index (χ2n) is 7.76. The highest BCUT2D eigenvalue weighted by Crippen LogP contribution is 2.33. The fourth-order valence-corrected chi connectivity index (χ4v) is 3.34. The Balaban J connectivity index is 0.00000338. The SMILES string of the molecule is CCNC(=NCc1ccc(F)cc1)NCC1CCCOC1C(C)(C)C.I. The first-order valence-corrected chi connectivity index (χ1v) is 9.28. The Labute approximate surface area is 174 Å². The second kappa shape index (κ2) is 11.1. The summed E-state index contributed by atoms with van der Waals surface area (Å²) in [6.07, 6.45) is 2.54. The second-order valence-corrected chi connectivity index (χ2v) is 7.76.